The summed E-state index contributed by atoms with van der Waals surface area (Å²) in [5, 5.41) is 20.7. The number of amides is 6. The highest BCUT2D eigenvalue weighted by Crippen LogP contribution is 2.34. The summed E-state index contributed by atoms with van der Waals surface area (Å²) in [6, 6.07) is 16.4. The van der Waals surface area contributed by atoms with Gasteiger partial charge < -0.3 is 64.4 Å². The monoisotopic (exact) mass is 1050 g/mol. The Morgan fingerprint density at radius 2 is 1.36 bits per heavy atom. The van der Waals surface area contributed by atoms with Crippen molar-refractivity contribution in [3.63, 3.8) is 0 Å². The number of nitrogens with zero attached hydrogens (tertiary/aromatic N) is 6. The molecule has 74 heavy (non-hydrogen) atoms. The molecule has 3 aliphatic rings. The molecular weight excluding hydrogens is 973 g/mol. The third kappa shape index (κ3) is 21.0. The van der Waals surface area contributed by atoms with Crippen LogP contribution >= 0.6 is 11.8 Å². The lowest BCUT2D eigenvalue weighted by Crippen LogP contribution is -2.46. The topological polar surface area (TPSA) is 229 Å². The van der Waals surface area contributed by atoms with Crippen LogP contribution in [0.5, 0.6) is 17.2 Å². The van der Waals surface area contributed by atoms with Crippen LogP contribution < -0.4 is 40.4 Å². The molecule has 3 atom stereocenters. The Morgan fingerprint density at radius 3 is 2.00 bits per heavy atom. The number of benzene rings is 2. The van der Waals surface area contributed by atoms with E-state index in [1.165, 1.54) is 9.80 Å². The van der Waals surface area contributed by atoms with Crippen LogP contribution in [0.1, 0.15) is 50.5 Å². The second-order valence-electron chi connectivity index (χ2n) is 18.5. The van der Waals surface area contributed by atoms with E-state index in [9.17, 15) is 24.0 Å². The minimum atomic E-state index is -0.284. The Hall–Kier alpha value is -5.57. The number of thioether (sulfide) groups is 1. The number of urea groups is 1. The minimum absolute atomic E-state index is 0.0307. The number of carbonyl (C=O) groups is 5. The van der Waals surface area contributed by atoms with E-state index in [-0.39, 0.29) is 74.4 Å². The molecule has 3 saturated heterocycles. The van der Waals surface area contributed by atoms with E-state index in [0.29, 0.717) is 102 Å². The van der Waals surface area contributed by atoms with Crippen molar-refractivity contribution in [2.45, 2.75) is 68.8 Å². The summed E-state index contributed by atoms with van der Waals surface area (Å²) in [5.41, 5.74) is 2.25. The van der Waals surface area contributed by atoms with Gasteiger partial charge in [0.25, 0.3) is 0 Å². The molecule has 0 spiro atoms. The standard InChI is InChI=1S/C52H80N10O11S/c1-58(49(65)14-8-7-13-46-51-41(39-74-46)56-52(67)57-51)37-47(63)54-19-30-71-33-26-60(25-32-70-28-10-18-53)27-34-72-31-20-55-48(64)38-59(2)50(66)15-9-29-73-44-17-16-40(35-45(44)69-4)36-61-21-23-62(24-22-61)42-11-5-6-12-43(42)68-3/h5-6,11-12,16-17,35,41,46,51H,7-10,13-15,19-34,36-39H2,1-4H3,(H,54,63)(H,55,64)(H2,56,57,67)/t41-,46?,51-/m0/s1. The van der Waals surface area contributed by atoms with Crippen LogP contribution in [-0.2, 0) is 39.9 Å². The quantitative estimate of drug-likeness (QED) is 0.0567. The molecule has 2 aromatic carbocycles. The lowest BCUT2D eigenvalue weighted by molar-refractivity contribution is -0.135. The zero-order chi connectivity index (χ0) is 52.9. The van der Waals surface area contributed by atoms with Crippen molar-refractivity contribution in [2.24, 2.45) is 0 Å². The Bertz CT molecular complexity index is 2090. The predicted molar refractivity (Wildman–Crippen MR) is 283 cm³/mol. The number of unbranched alkanes of at least 4 members (excludes halogenated alkanes) is 1. The van der Waals surface area contributed by atoms with Crippen LogP contribution in [0.25, 0.3) is 0 Å². The average molecular weight is 1050 g/mol. The molecule has 5 rings (SSSR count). The Balaban J connectivity index is 0.868. The number of nitrogens with one attached hydrogen (secondary N) is 4. The highest BCUT2D eigenvalue weighted by atomic mass is 32.2. The zero-order valence-electron chi connectivity index (χ0n) is 43.9. The second kappa shape index (κ2) is 33.4. The molecule has 22 heteroatoms. The van der Waals surface area contributed by atoms with Crippen molar-refractivity contribution in [2.75, 3.05) is 157 Å². The fourth-order valence-corrected chi connectivity index (χ4v) is 10.4. The Morgan fingerprint density at radius 1 is 0.743 bits per heavy atom. The number of fused-ring (bicyclic) bond motifs is 1. The molecule has 0 aliphatic carbocycles. The lowest BCUT2D eigenvalue weighted by atomic mass is 10.0. The van der Waals surface area contributed by atoms with Gasteiger partial charge in [0.1, 0.15) is 5.75 Å². The number of para-hydroxylation sites is 2. The predicted octanol–water partition coefficient (Wildman–Crippen LogP) is 2.33. The van der Waals surface area contributed by atoms with E-state index >= 15 is 0 Å². The number of hydrogen-bond donors (Lipinski definition) is 4. The molecule has 2 aromatic rings. The van der Waals surface area contributed by atoms with Crippen molar-refractivity contribution in [3.05, 3.63) is 48.0 Å². The number of nitriles is 1. The summed E-state index contributed by atoms with van der Waals surface area (Å²) < 4.78 is 34.4. The summed E-state index contributed by atoms with van der Waals surface area (Å²) in [7, 11) is 6.56. The summed E-state index contributed by atoms with van der Waals surface area (Å²) in [6.07, 6.45) is 3.92. The van der Waals surface area contributed by atoms with Crippen LogP contribution in [0, 0.1) is 11.3 Å². The molecule has 1 unspecified atom stereocenters. The van der Waals surface area contributed by atoms with E-state index < -0.39 is 0 Å². The summed E-state index contributed by atoms with van der Waals surface area (Å²) in [4.78, 5) is 71.9. The summed E-state index contributed by atoms with van der Waals surface area (Å²) in [6.45, 7) is 9.19. The van der Waals surface area contributed by atoms with Gasteiger partial charge in [0.2, 0.25) is 23.6 Å². The fraction of sp³-hybridized carbons (Fsp3) is 0.654. The zero-order valence-corrected chi connectivity index (χ0v) is 44.8. The van der Waals surface area contributed by atoms with E-state index in [4.69, 9.17) is 33.7 Å². The number of hydrogen-bond acceptors (Lipinski definition) is 16. The minimum Gasteiger partial charge on any atom is -0.495 e. The SMILES string of the molecule is COc1cc(CN2CCN(c3ccccc3OC)CC2)ccc1OCCCC(=O)N(C)CC(=O)NCCOCCN(CCOCCC#N)CCOCCNC(=O)CN(C)C(=O)CCCCC1SC[C@@H]2NC(=O)N[C@H]12. The molecule has 6 amide bonds. The van der Waals surface area contributed by atoms with Crippen LogP contribution in [0.3, 0.4) is 0 Å². The van der Waals surface area contributed by atoms with Crippen molar-refractivity contribution >= 4 is 47.1 Å². The average Bonchev–Trinajstić information content (AvgIpc) is 3.97. The third-order valence-corrected chi connectivity index (χ3v) is 14.6. The fourth-order valence-electron chi connectivity index (χ4n) is 8.86. The molecule has 0 bridgehead atoms. The third-order valence-electron chi connectivity index (χ3n) is 13.1. The van der Waals surface area contributed by atoms with Crippen LogP contribution in [0.15, 0.2) is 42.5 Å². The van der Waals surface area contributed by atoms with Gasteiger partial charge in [-0.3, -0.25) is 29.0 Å². The van der Waals surface area contributed by atoms with Gasteiger partial charge in [0.05, 0.1) is 104 Å². The van der Waals surface area contributed by atoms with Gasteiger partial charge in [-0.25, -0.2) is 4.79 Å². The van der Waals surface area contributed by atoms with Gasteiger partial charge in [0, 0.05) is 103 Å². The smallest absolute Gasteiger partial charge is 0.315 e. The van der Waals surface area contributed by atoms with Crippen molar-refractivity contribution in [1.29, 1.82) is 5.26 Å². The molecule has 410 valence electrons. The van der Waals surface area contributed by atoms with Crippen molar-refractivity contribution in [1.82, 2.24) is 40.9 Å². The highest BCUT2D eigenvalue weighted by Gasteiger charge is 2.42. The summed E-state index contributed by atoms with van der Waals surface area (Å²) in [5.74, 6) is 2.27. The number of likely N-dealkylation sites (N-methyl/N-ethyl adjacent to an activating group) is 2. The molecule has 4 N–H and O–H groups in total. The van der Waals surface area contributed by atoms with Gasteiger partial charge in [-0.2, -0.15) is 17.0 Å². The van der Waals surface area contributed by atoms with Crippen molar-refractivity contribution < 1.29 is 52.4 Å². The van der Waals surface area contributed by atoms with Gasteiger partial charge in [-0.15, -0.1) is 0 Å². The molecule has 3 heterocycles. The lowest BCUT2D eigenvalue weighted by Gasteiger charge is -2.36. The maximum Gasteiger partial charge on any atom is 0.315 e. The van der Waals surface area contributed by atoms with E-state index in [2.05, 4.69) is 48.1 Å². The number of anilines is 1. The maximum atomic E-state index is 12.8. The van der Waals surface area contributed by atoms with E-state index in [0.717, 1.165) is 74.7 Å². The first kappa shape index (κ1) is 59.3. The molecule has 21 nitrogen and oxygen atoms in total. The van der Waals surface area contributed by atoms with Crippen LogP contribution in [0.2, 0.25) is 0 Å². The van der Waals surface area contributed by atoms with E-state index in [1.807, 2.05) is 48.2 Å². The summed E-state index contributed by atoms with van der Waals surface area (Å²) >= 11 is 1.86. The number of rotatable bonds is 36. The van der Waals surface area contributed by atoms with Crippen LogP contribution in [-0.4, -0.2) is 219 Å². The second-order valence-corrected chi connectivity index (χ2v) is 19.8. The maximum absolute atomic E-state index is 12.8. The Labute approximate surface area is 441 Å². The van der Waals surface area contributed by atoms with Gasteiger partial charge in [0.15, 0.2) is 11.5 Å². The molecule has 3 fully saturated rings. The molecule has 3 aliphatic heterocycles. The highest BCUT2D eigenvalue weighted by molar-refractivity contribution is 8.00. The number of ether oxygens (including phenoxy) is 6. The Kier molecular flexibility index (Phi) is 26.7. The van der Waals surface area contributed by atoms with Crippen LogP contribution in [0.4, 0.5) is 10.5 Å². The number of carbonyl (C=O) groups excluding carboxylic acids is 5. The van der Waals surface area contributed by atoms with Crippen molar-refractivity contribution in [3.8, 4) is 23.3 Å². The molecular formula is C52H80N10O11S. The first-order valence-electron chi connectivity index (χ1n) is 25.9. The first-order chi connectivity index (χ1) is 36.0. The van der Waals surface area contributed by atoms with Gasteiger partial charge in [-0.1, -0.05) is 24.6 Å². The van der Waals surface area contributed by atoms with Gasteiger partial charge in [-0.05, 0) is 49.1 Å². The first-order valence-corrected chi connectivity index (χ1v) is 26.9. The molecule has 0 saturated carbocycles. The molecule has 0 radical (unpaired) electrons. The number of methoxy groups -OCH3 is 2. The van der Waals surface area contributed by atoms with Gasteiger partial charge >= 0.3 is 6.03 Å². The molecule has 0 aromatic heterocycles. The largest absolute Gasteiger partial charge is 0.495 e. The number of piperazine rings is 1. The normalized spacial score (nSPS) is 17.2. The van der Waals surface area contributed by atoms with E-state index in [1.54, 1.807) is 28.3 Å².